The Bertz CT molecular complexity index is 875. The number of nitrogens with zero attached hydrogens (tertiary/aromatic N) is 3. The maximum atomic E-state index is 12.9. The van der Waals surface area contributed by atoms with E-state index in [1.165, 1.54) is 4.90 Å². The third-order valence-electron chi connectivity index (χ3n) is 5.16. The number of carbonyl (C=O) groups excluding carboxylic acids is 2. The van der Waals surface area contributed by atoms with Gasteiger partial charge in [0.2, 0.25) is 5.91 Å². The van der Waals surface area contributed by atoms with Crippen molar-refractivity contribution in [2.45, 2.75) is 50.7 Å². The molecule has 25 heavy (non-hydrogen) atoms. The first-order valence-corrected chi connectivity index (χ1v) is 8.62. The summed E-state index contributed by atoms with van der Waals surface area (Å²) in [6.07, 6.45) is 7.45. The topological polar surface area (TPSA) is 102 Å². The van der Waals surface area contributed by atoms with Crippen LogP contribution in [0.15, 0.2) is 18.5 Å². The zero-order valence-electron chi connectivity index (χ0n) is 13.8. The third kappa shape index (κ3) is 2.64. The summed E-state index contributed by atoms with van der Waals surface area (Å²) < 4.78 is 0. The molecule has 2 aliphatic rings. The minimum Gasteiger partial charge on any atom is -0.352 e. The molecule has 7 nitrogen and oxygen atoms in total. The lowest BCUT2D eigenvalue weighted by Gasteiger charge is -2.33. The Labute approximate surface area is 145 Å². The van der Waals surface area contributed by atoms with Gasteiger partial charge in [0.15, 0.2) is 0 Å². The van der Waals surface area contributed by atoms with Crippen LogP contribution < -0.4 is 5.32 Å². The summed E-state index contributed by atoms with van der Waals surface area (Å²) in [6, 6.07) is 3.30. The standard InChI is InChI=1S/C18H19N5O2/c19-7-5-14(17(24)22-12-3-1-2-4-12)23-10-11-6-8-20-16-15(11)13(9-21-16)18(23)25/h6,8-9,12,14H,1-5,10H2,(H,20,21)(H,22,24)/t14-/m1/s1. The van der Waals surface area contributed by atoms with E-state index in [9.17, 15) is 14.9 Å². The first-order chi connectivity index (χ1) is 12.2. The Balaban J connectivity index is 1.63. The molecule has 1 saturated carbocycles. The van der Waals surface area contributed by atoms with Crippen molar-refractivity contribution in [3.05, 3.63) is 29.6 Å². The number of nitrogens with one attached hydrogen (secondary N) is 2. The second kappa shape index (κ2) is 6.20. The Kier molecular flexibility index (Phi) is 3.88. The van der Waals surface area contributed by atoms with Crippen LogP contribution in [-0.4, -0.2) is 38.8 Å². The van der Waals surface area contributed by atoms with Gasteiger partial charge in [-0.25, -0.2) is 4.98 Å². The molecule has 1 aliphatic carbocycles. The number of hydrogen-bond donors (Lipinski definition) is 2. The van der Waals surface area contributed by atoms with Crippen molar-refractivity contribution in [3.8, 4) is 6.07 Å². The molecule has 0 bridgehead atoms. The summed E-state index contributed by atoms with van der Waals surface area (Å²) in [4.78, 5) is 34.4. The van der Waals surface area contributed by atoms with Crippen molar-refractivity contribution in [2.75, 3.05) is 0 Å². The zero-order valence-corrected chi connectivity index (χ0v) is 13.8. The molecule has 0 spiro atoms. The van der Waals surface area contributed by atoms with Gasteiger partial charge in [-0.15, -0.1) is 0 Å². The number of nitriles is 1. The van der Waals surface area contributed by atoms with E-state index in [1.807, 2.05) is 6.07 Å². The minimum absolute atomic E-state index is 0.0156. The molecule has 1 atom stereocenters. The van der Waals surface area contributed by atoms with E-state index in [-0.39, 0.29) is 24.3 Å². The van der Waals surface area contributed by atoms with Gasteiger partial charge in [-0.1, -0.05) is 12.8 Å². The van der Waals surface area contributed by atoms with E-state index in [0.717, 1.165) is 36.6 Å². The molecular weight excluding hydrogens is 318 g/mol. The van der Waals surface area contributed by atoms with Gasteiger partial charge in [0.05, 0.1) is 18.1 Å². The van der Waals surface area contributed by atoms with Crippen LogP contribution in [0.1, 0.15) is 48.0 Å². The van der Waals surface area contributed by atoms with Crippen molar-refractivity contribution in [1.29, 1.82) is 5.26 Å². The minimum atomic E-state index is -0.774. The number of hydrogen-bond acceptors (Lipinski definition) is 4. The number of rotatable bonds is 4. The summed E-state index contributed by atoms with van der Waals surface area (Å²) in [5, 5.41) is 13.0. The molecule has 3 heterocycles. The fourth-order valence-corrected chi connectivity index (χ4v) is 3.89. The van der Waals surface area contributed by atoms with E-state index in [1.54, 1.807) is 12.4 Å². The summed E-state index contributed by atoms with van der Waals surface area (Å²) >= 11 is 0. The van der Waals surface area contributed by atoms with Crippen molar-refractivity contribution < 1.29 is 9.59 Å². The van der Waals surface area contributed by atoms with Gasteiger partial charge in [-0.05, 0) is 24.5 Å². The van der Waals surface area contributed by atoms with E-state index >= 15 is 0 Å². The number of carbonyl (C=O) groups is 2. The molecular formula is C18H19N5O2. The van der Waals surface area contributed by atoms with Crippen molar-refractivity contribution in [3.63, 3.8) is 0 Å². The molecule has 1 fully saturated rings. The second-order valence-corrected chi connectivity index (χ2v) is 6.70. The Morgan fingerprint density at radius 1 is 1.48 bits per heavy atom. The molecule has 2 amide bonds. The van der Waals surface area contributed by atoms with Crippen molar-refractivity contribution in [1.82, 2.24) is 20.2 Å². The number of H-pyrrole nitrogens is 1. The van der Waals surface area contributed by atoms with Crippen LogP contribution in [0.4, 0.5) is 0 Å². The number of pyridine rings is 1. The maximum absolute atomic E-state index is 12.9. The lowest BCUT2D eigenvalue weighted by Crippen LogP contribution is -2.51. The maximum Gasteiger partial charge on any atom is 0.257 e. The molecule has 0 saturated heterocycles. The van der Waals surface area contributed by atoms with Crippen LogP contribution in [0.2, 0.25) is 0 Å². The molecule has 7 heteroatoms. The molecule has 2 N–H and O–H groups in total. The van der Waals surface area contributed by atoms with Gasteiger partial charge in [0.25, 0.3) is 5.91 Å². The molecule has 0 aromatic carbocycles. The predicted molar refractivity (Wildman–Crippen MR) is 90.4 cm³/mol. The van der Waals surface area contributed by atoms with Crippen LogP contribution in [0.25, 0.3) is 11.0 Å². The number of aromatic amines is 1. The molecule has 128 valence electrons. The number of aromatic nitrogens is 2. The van der Waals surface area contributed by atoms with E-state index < -0.39 is 6.04 Å². The number of amides is 2. The van der Waals surface area contributed by atoms with E-state index in [4.69, 9.17) is 0 Å². The molecule has 1 aliphatic heterocycles. The Morgan fingerprint density at radius 2 is 2.28 bits per heavy atom. The van der Waals surface area contributed by atoms with Gasteiger partial charge >= 0.3 is 0 Å². The lowest BCUT2D eigenvalue weighted by atomic mass is 10.00. The van der Waals surface area contributed by atoms with Crippen LogP contribution in [0.3, 0.4) is 0 Å². The van der Waals surface area contributed by atoms with Crippen LogP contribution in [-0.2, 0) is 11.3 Å². The molecule has 0 unspecified atom stereocenters. The summed E-state index contributed by atoms with van der Waals surface area (Å²) in [5.74, 6) is -0.459. The Morgan fingerprint density at radius 3 is 3.04 bits per heavy atom. The predicted octanol–water partition coefficient (Wildman–Crippen LogP) is 1.86. The van der Waals surface area contributed by atoms with Crippen LogP contribution >= 0.6 is 0 Å². The molecule has 2 aromatic heterocycles. The largest absolute Gasteiger partial charge is 0.352 e. The first kappa shape index (κ1) is 15.6. The highest BCUT2D eigenvalue weighted by Crippen LogP contribution is 2.30. The first-order valence-electron chi connectivity index (χ1n) is 8.62. The smallest absolute Gasteiger partial charge is 0.257 e. The highest BCUT2D eigenvalue weighted by atomic mass is 16.2. The van der Waals surface area contributed by atoms with Crippen LogP contribution in [0, 0.1) is 11.3 Å². The second-order valence-electron chi connectivity index (χ2n) is 6.70. The fraction of sp³-hybridized carbons (Fsp3) is 0.444. The summed E-state index contributed by atoms with van der Waals surface area (Å²) in [5.41, 5.74) is 2.13. The summed E-state index contributed by atoms with van der Waals surface area (Å²) in [7, 11) is 0. The molecule has 4 rings (SSSR count). The van der Waals surface area contributed by atoms with Gasteiger partial charge in [-0.3, -0.25) is 9.59 Å². The van der Waals surface area contributed by atoms with Crippen molar-refractivity contribution in [2.24, 2.45) is 0 Å². The zero-order chi connectivity index (χ0) is 17.4. The van der Waals surface area contributed by atoms with Gasteiger partial charge in [-0.2, -0.15) is 5.26 Å². The van der Waals surface area contributed by atoms with E-state index in [2.05, 4.69) is 21.4 Å². The summed E-state index contributed by atoms with van der Waals surface area (Å²) in [6.45, 7) is 0.313. The Hall–Kier alpha value is -2.88. The normalized spacial score (nSPS) is 18.4. The monoisotopic (exact) mass is 337 g/mol. The van der Waals surface area contributed by atoms with E-state index in [0.29, 0.717) is 17.8 Å². The van der Waals surface area contributed by atoms with Gasteiger partial charge < -0.3 is 15.2 Å². The fourth-order valence-electron chi connectivity index (χ4n) is 3.89. The SMILES string of the molecule is N#CC[C@H](C(=O)NC1CCCC1)N1Cc2ccnc3[nH]cc(c23)C1=O. The van der Waals surface area contributed by atoms with Gasteiger partial charge in [0.1, 0.15) is 11.7 Å². The third-order valence-corrected chi connectivity index (χ3v) is 5.16. The van der Waals surface area contributed by atoms with Gasteiger partial charge in [0, 0.05) is 30.4 Å². The highest BCUT2D eigenvalue weighted by molar-refractivity contribution is 6.10. The molecule has 0 radical (unpaired) electrons. The van der Waals surface area contributed by atoms with Crippen LogP contribution in [0.5, 0.6) is 0 Å². The average Bonchev–Trinajstić information content (AvgIpc) is 3.27. The quantitative estimate of drug-likeness (QED) is 0.889. The highest BCUT2D eigenvalue weighted by Gasteiger charge is 2.36. The molecule has 2 aromatic rings. The van der Waals surface area contributed by atoms with Crippen molar-refractivity contribution >= 4 is 22.8 Å². The average molecular weight is 337 g/mol. The lowest BCUT2D eigenvalue weighted by molar-refractivity contribution is -0.126.